The number of Topliss-reactive ketones (excluding diaryl/α,β-unsaturated/α-hetero) is 1. The van der Waals surface area contributed by atoms with Gasteiger partial charge in [0, 0.05) is 12.3 Å². The molecule has 0 rings (SSSR count). The van der Waals surface area contributed by atoms with Gasteiger partial charge in [-0.1, -0.05) is 20.3 Å². The van der Waals surface area contributed by atoms with E-state index >= 15 is 0 Å². The van der Waals surface area contributed by atoms with Crippen LogP contribution in [0.2, 0.25) is 0 Å². The van der Waals surface area contributed by atoms with Gasteiger partial charge in [-0.15, -0.1) is 0 Å². The summed E-state index contributed by atoms with van der Waals surface area (Å²) in [6.45, 7) is 3.78. The lowest BCUT2D eigenvalue weighted by Gasteiger charge is -2.21. The average Bonchev–Trinajstić information content (AvgIpc) is 2.37. The van der Waals surface area contributed by atoms with Crippen molar-refractivity contribution in [3.05, 3.63) is 0 Å². The molecule has 0 radical (unpaired) electrons. The Labute approximate surface area is 108 Å². The molecule has 0 aromatic heterocycles. The van der Waals surface area contributed by atoms with E-state index in [0.29, 0.717) is 25.7 Å². The van der Waals surface area contributed by atoms with E-state index in [9.17, 15) is 14.4 Å². The molecule has 0 N–H and O–H groups in total. The Kier molecular flexibility index (Phi) is 8.00. The molecule has 0 fully saturated rings. The molecule has 0 amide bonds. The average molecular weight is 258 g/mol. The number of ether oxygens (including phenoxy) is 2. The minimum atomic E-state index is -1.14. The van der Waals surface area contributed by atoms with Crippen molar-refractivity contribution < 1.29 is 23.9 Å². The first-order valence-corrected chi connectivity index (χ1v) is 6.21. The topological polar surface area (TPSA) is 69.7 Å². The van der Waals surface area contributed by atoms with Gasteiger partial charge in [0.05, 0.1) is 14.2 Å². The van der Waals surface area contributed by atoms with E-state index in [-0.39, 0.29) is 5.78 Å². The number of methoxy groups -OCH3 is 2. The van der Waals surface area contributed by atoms with E-state index in [1.165, 1.54) is 14.2 Å². The van der Waals surface area contributed by atoms with Gasteiger partial charge >= 0.3 is 11.9 Å². The second-order valence-electron chi connectivity index (χ2n) is 4.14. The number of hydrogen-bond donors (Lipinski definition) is 0. The lowest BCUT2D eigenvalue weighted by Crippen LogP contribution is -2.37. The standard InChI is InChI=1S/C13H22O5/c1-5-7-9(10(14)8-6-2)11(12(15)17-3)13(16)18-4/h9,11H,5-8H2,1-4H3/t9-/m0/s1. The van der Waals surface area contributed by atoms with E-state index in [1.54, 1.807) is 0 Å². The summed E-state index contributed by atoms with van der Waals surface area (Å²) in [4.78, 5) is 35.3. The fourth-order valence-corrected chi connectivity index (χ4v) is 1.94. The molecule has 0 aliphatic rings. The first-order valence-electron chi connectivity index (χ1n) is 6.21. The van der Waals surface area contributed by atoms with Gasteiger partial charge < -0.3 is 9.47 Å². The predicted molar refractivity (Wildman–Crippen MR) is 65.8 cm³/mol. The third-order valence-electron chi connectivity index (χ3n) is 2.82. The molecule has 104 valence electrons. The Morgan fingerprint density at radius 3 is 1.78 bits per heavy atom. The summed E-state index contributed by atoms with van der Waals surface area (Å²) in [7, 11) is 2.40. The van der Waals surface area contributed by atoms with Gasteiger partial charge in [0.25, 0.3) is 0 Å². The maximum absolute atomic E-state index is 12.0. The minimum Gasteiger partial charge on any atom is -0.468 e. The van der Waals surface area contributed by atoms with Gasteiger partial charge in [-0.05, 0) is 12.8 Å². The minimum absolute atomic E-state index is 0.0832. The van der Waals surface area contributed by atoms with Crippen LogP contribution in [0.15, 0.2) is 0 Å². The Morgan fingerprint density at radius 1 is 0.944 bits per heavy atom. The van der Waals surface area contributed by atoms with Gasteiger partial charge in [-0.3, -0.25) is 14.4 Å². The van der Waals surface area contributed by atoms with Crippen LogP contribution in [-0.4, -0.2) is 31.9 Å². The van der Waals surface area contributed by atoms with E-state index in [4.69, 9.17) is 0 Å². The Morgan fingerprint density at radius 2 is 1.44 bits per heavy atom. The Balaban J connectivity index is 5.14. The first-order chi connectivity index (χ1) is 8.53. The van der Waals surface area contributed by atoms with Crippen LogP contribution in [-0.2, 0) is 23.9 Å². The highest BCUT2D eigenvalue weighted by Crippen LogP contribution is 2.23. The zero-order valence-corrected chi connectivity index (χ0v) is 11.5. The summed E-state index contributed by atoms with van der Waals surface area (Å²) in [5, 5.41) is 0. The molecule has 1 atom stereocenters. The molecule has 18 heavy (non-hydrogen) atoms. The Hall–Kier alpha value is -1.39. The van der Waals surface area contributed by atoms with Crippen molar-refractivity contribution in [3.63, 3.8) is 0 Å². The Bertz CT molecular complexity index is 282. The highest BCUT2D eigenvalue weighted by Gasteiger charge is 2.39. The van der Waals surface area contributed by atoms with Crippen LogP contribution in [0.3, 0.4) is 0 Å². The van der Waals surface area contributed by atoms with Crippen LogP contribution in [0.5, 0.6) is 0 Å². The maximum Gasteiger partial charge on any atom is 0.320 e. The summed E-state index contributed by atoms with van der Waals surface area (Å²) in [6, 6.07) is 0. The van der Waals surface area contributed by atoms with Gasteiger partial charge in [-0.2, -0.15) is 0 Å². The normalized spacial score (nSPS) is 12.1. The molecule has 0 bridgehead atoms. The van der Waals surface area contributed by atoms with Crippen molar-refractivity contribution in [2.24, 2.45) is 11.8 Å². The molecule has 5 heteroatoms. The van der Waals surface area contributed by atoms with Gasteiger partial charge in [0.1, 0.15) is 5.78 Å². The lowest BCUT2D eigenvalue weighted by molar-refractivity contribution is -0.163. The third kappa shape index (κ3) is 4.47. The van der Waals surface area contributed by atoms with Crippen molar-refractivity contribution in [1.82, 2.24) is 0 Å². The predicted octanol–water partition coefficient (Wildman–Crippen LogP) is 1.73. The molecule has 0 aliphatic carbocycles. The second kappa shape index (κ2) is 8.66. The van der Waals surface area contributed by atoms with Crippen LogP contribution in [0, 0.1) is 11.8 Å². The summed E-state index contributed by atoms with van der Waals surface area (Å²) in [6.07, 6.45) is 2.24. The zero-order chi connectivity index (χ0) is 14.1. The molecule has 0 spiro atoms. The number of hydrogen-bond acceptors (Lipinski definition) is 5. The van der Waals surface area contributed by atoms with Gasteiger partial charge in [-0.25, -0.2) is 0 Å². The van der Waals surface area contributed by atoms with E-state index < -0.39 is 23.8 Å². The van der Waals surface area contributed by atoms with E-state index in [1.807, 2.05) is 13.8 Å². The maximum atomic E-state index is 12.0. The molecule has 5 nitrogen and oxygen atoms in total. The summed E-state index contributed by atoms with van der Waals surface area (Å²) >= 11 is 0. The van der Waals surface area contributed by atoms with E-state index in [2.05, 4.69) is 9.47 Å². The van der Waals surface area contributed by atoms with E-state index in [0.717, 1.165) is 0 Å². The molecule has 0 unspecified atom stereocenters. The van der Waals surface area contributed by atoms with Gasteiger partial charge in [0.15, 0.2) is 5.92 Å². The van der Waals surface area contributed by atoms with Crippen molar-refractivity contribution in [2.75, 3.05) is 14.2 Å². The molecular weight excluding hydrogens is 236 g/mol. The second-order valence-corrected chi connectivity index (χ2v) is 4.14. The SMILES string of the molecule is CCCC(=O)[C@H](CCC)C(C(=O)OC)C(=O)OC. The van der Waals surface area contributed by atoms with Crippen LogP contribution in [0.25, 0.3) is 0 Å². The fraction of sp³-hybridized carbons (Fsp3) is 0.769. The van der Waals surface area contributed by atoms with Crippen LogP contribution in [0.4, 0.5) is 0 Å². The quantitative estimate of drug-likeness (QED) is 0.490. The first kappa shape index (κ1) is 16.6. The smallest absolute Gasteiger partial charge is 0.320 e. The molecular formula is C13H22O5. The summed E-state index contributed by atoms with van der Waals surface area (Å²) < 4.78 is 9.20. The number of carbonyl (C=O) groups excluding carboxylic acids is 3. The molecule has 0 saturated heterocycles. The van der Waals surface area contributed by atoms with Crippen LogP contribution in [0.1, 0.15) is 39.5 Å². The van der Waals surface area contributed by atoms with Crippen molar-refractivity contribution in [2.45, 2.75) is 39.5 Å². The van der Waals surface area contributed by atoms with Crippen LogP contribution < -0.4 is 0 Å². The highest BCUT2D eigenvalue weighted by molar-refractivity contribution is 6.00. The van der Waals surface area contributed by atoms with Crippen LogP contribution >= 0.6 is 0 Å². The fourth-order valence-electron chi connectivity index (χ4n) is 1.94. The molecule has 0 aliphatic heterocycles. The molecule has 0 saturated carbocycles. The lowest BCUT2D eigenvalue weighted by atomic mass is 9.83. The van der Waals surface area contributed by atoms with Crippen molar-refractivity contribution in [1.29, 1.82) is 0 Å². The highest BCUT2D eigenvalue weighted by atomic mass is 16.5. The monoisotopic (exact) mass is 258 g/mol. The number of carbonyl (C=O) groups is 3. The zero-order valence-electron chi connectivity index (χ0n) is 11.5. The van der Waals surface area contributed by atoms with Crippen molar-refractivity contribution >= 4 is 17.7 Å². The summed E-state index contributed by atoms with van der Waals surface area (Å²) in [5.41, 5.74) is 0. The number of esters is 2. The molecule has 0 aromatic rings. The molecule has 0 aromatic carbocycles. The third-order valence-corrected chi connectivity index (χ3v) is 2.82. The summed E-state index contributed by atoms with van der Waals surface area (Å²) in [5.74, 6) is -3.27. The largest absolute Gasteiger partial charge is 0.468 e. The number of rotatable bonds is 8. The molecule has 0 heterocycles. The van der Waals surface area contributed by atoms with Crippen molar-refractivity contribution in [3.8, 4) is 0 Å². The number of ketones is 1. The van der Waals surface area contributed by atoms with Gasteiger partial charge in [0.2, 0.25) is 0 Å².